The predicted molar refractivity (Wildman–Crippen MR) is 70.7 cm³/mol. The summed E-state index contributed by atoms with van der Waals surface area (Å²) in [6.45, 7) is 8.78. The van der Waals surface area contributed by atoms with Gasteiger partial charge in [0.05, 0.1) is 0 Å². The van der Waals surface area contributed by atoms with E-state index in [2.05, 4.69) is 34.1 Å². The third-order valence-corrected chi connectivity index (χ3v) is 3.61. The predicted octanol–water partition coefficient (Wildman–Crippen LogP) is 0.384. The molecule has 2 rings (SSSR count). The molecule has 2 saturated heterocycles. The van der Waals surface area contributed by atoms with Gasteiger partial charge in [0.25, 0.3) is 0 Å². The van der Waals surface area contributed by atoms with Crippen LogP contribution in [0.1, 0.15) is 33.1 Å². The Morgan fingerprint density at radius 1 is 1.29 bits per heavy atom. The minimum absolute atomic E-state index is 0.281. The Hall–Kier alpha value is -0.810. The molecule has 5 nitrogen and oxygen atoms in total. The Balaban J connectivity index is 2.04. The van der Waals surface area contributed by atoms with E-state index in [1.807, 2.05) is 0 Å². The molecular formula is C12H25N5. The lowest BCUT2D eigenvalue weighted by molar-refractivity contribution is 0.254. The average Bonchev–Trinajstić information content (AvgIpc) is 2.63. The summed E-state index contributed by atoms with van der Waals surface area (Å²) in [6.07, 6.45) is 3.86. The Kier molecular flexibility index (Phi) is 4.23. The molecule has 1 unspecified atom stereocenters. The number of nitrogens with zero attached hydrogens (tertiary/aromatic N) is 3. The average molecular weight is 239 g/mol. The maximum atomic E-state index is 5.60. The number of nitrogens with one attached hydrogen (secondary N) is 1. The zero-order chi connectivity index (χ0) is 12.3. The van der Waals surface area contributed by atoms with Crippen LogP contribution in [0.2, 0.25) is 0 Å². The Morgan fingerprint density at radius 2 is 2.06 bits per heavy atom. The number of guanidine groups is 1. The number of hydrogen-bond acceptors (Lipinski definition) is 3. The normalized spacial score (nSPS) is 27.2. The summed E-state index contributed by atoms with van der Waals surface area (Å²) in [4.78, 5) is 9.49. The standard InChI is InChI=1S/C12H25N5/c1-10(2)14-12(15-13)17-8-4-7-16-6-3-5-11(16)9-17/h10-11H,3-9,13H2,1-2H3,(H,14,15). The summed E-state index contributed by atoms with van der Waals surface area (Å²) < 4.78 is 0. The van der Waals surface area contributed by atoms with Crippen molar-refractivity contribution in [2.24, 2.45) is 10.8 Å². The van der Waals surface area contributed by atoms with Crippen molar-refractivity contribution in [3.8, 4) is 0 Å². The maximum absolute atomic E-state index is 5.60. The smallest absolute Gasteiger partial charge is 0.208 e. The van der Waals surface area contributed by atoms with Gasteiger partial charge in [-0.1, -0.05) is 0 Å². The Morgan fingerprint density at radius 3 is 2.76 bits per heavy atom. The second-order valence-corrected chi connectivity index (χ2v) is 5.32. The second kappa shape index (κ2) is 5.69. The van der Waals surface area contributed by atoms with Crippen molar-refractivity contribution in [3.63, 3.8) is 0 Å². The van der Waals surface area contributed by atoms with E-state index < -0.39 is 0 Å². The first-order chi connectivity index (χ1) is 8.20. The highest BCUT2D eigenvalue weighted by atomic mass is 15.4. The molecule has 0 aromatic heterocycles. The van der Waals surface area contributed by atoms with E-state index in [1.54, 1.807) is 0 Å². The van der Waals surface area contributed by atoms with Crippen molar-refractivity contribution in [2.45, 2.75) is 45.2 Å². The molecule has 0 amide bonds. The SMILES string of the molecule is CC(C)N=C(NN)N1CCCN2CCCC2C1. The van der Waals surface area contributed by atoms with E-state index in [1.165, 1.54) is 32.4 Å². The lowest BCUT2D eigenvalue weighted by atomic mass is 10.2. The fraction of sp³-hybridized carbons (Fsp3) is 0.917. The summed E-state index contributed by atoms with van der Waals surface area (Å²) in [5, 5.41) is 0. The summed E-state index contributed by atoms with van der Waals surface area (Å²) in [7, 11) is 0. The van der Waals surface area contributed by atoms with Gasteiger partial charge in [0.1, 0.15) is 0 Å². The van der Waals surface area contributed by atoms with Crippen molar-refractivity contribution in [1.82, 2.24) is 15.2 Å². The molecule has 0 aromatic carbocycles. The van der Waals surface area contributed by atoms with E-state index in [9.17, 15) is 0 Å². The number of hydrazine groups is 1. The van der Waals surface area contributed by atoms with Crippen LogP contribution < -0.4 is 11.3 Å². The van der Waals surface area contributed by atoms with E-state index in [0.717, 1.165) is 19.0 Å². The molecule has 3 N–H and O–H groups in total. The zero-order valence-electron chi connectivity index (χ0n) is 11.0. The van der Waals surface area contributed by atoms with Gasteiger partial charge in [0.2, 0.25) is 5.96 Å². The molecule has 0 aromatic rings. The molecule has 2 fully saturated rings. The summed E-state index contributed by atoms with van der Waals surface area (Å²) >= 11 is 0. The lowest BCUT2D eigenvalue weighted by Gasteiger charge is -2.28. The number of rotatable bonds is 1. The van der Waals surface area contributed by atoms with Crippen molar-refractivity contribution in [3.05, 3.63) is 0 Å². The molecule has 0 radical (unpaired) electrons. The zero-order valence-corrected chi connectivity index (χ0v) is 11.0. The van der Waals surface area contributed by atoms with Crippen LogP contribution in [-0.4, -0.2) is 54.0 Å². The summed E-state index contributed by atoms with van der Waals surface area (Å²) in [6, 6.07) is 0.979. The van der Waals surface area contributed by atoms with Crippen LogP contribution in [0.15, 0.2) is 4.99 Å². The number of hydrogen-bond donors (Lipinski definition) is 2. The second-order valence-electron chi connectivity index (χ2n) is 5.32. The maximum Gasteiger partial charge on any atom is 0.208 e. The number of fused-ring (bicyclic) bond motifs is 1. The molecular weight excluding hydrogens is 214 g/mol. The van der Waals surface area contributed by atoms with Gasteiger partial charge in [-0.2, -0.15) is 0 Å². The van der Waals surface area contributed by atoms with Crippen molar-refractivity contribution >= 4 is 5.96 Å². The Labute approximate surface area is 104 Å². The minimum Gasteiger partial charge on any atom is -0.340 e. The molecule has 0 bridgehead atoms. The van der Waals surface area contributed by atoms with Crippen LogP contribution in [0.25, 0.3) is 0 Å². The van der Waals surface area contributed by atoms with Gasteiger partial charge < -0.3 is 4.90 Å². The lowest BCUT2D eigenvalue weighted by Crippen LogP contribution is -2.48. The van der Waals surface area contributed by atoms with E-state index >= 15 is 0 Å². The quantitative estimate of drug-likeness (QED) is 0.301. The highest BCUT2D eigenvalue weighted by Crippen LogP contribution is 2.21. The van der Waals surface area contributed by atoms with E-state index in [0.29, 0.717) is 6.04 Å². The molecule has 0 spiro atoms. The van der Waals surface area contributed by atoms with Gasteiger partial charge in [-0.25, -0.2) is 10.8 Å². The van der Waals surface area contributed by atoms with Crippen LogP contribution in [-0.2, 0) is 0 Å². The minimum atomic E-state index is 0.281. The molecule has 2 aliphatic heterocycles. The monoisotopic (exact) mass is 239 g/mol. The summed E-state index contributed by atoms with van der Waals surface area (Å²) in [5.74, 6) is 6.46. The third-order valence-electron chi connectivity index (χ3n) is 3.61. The Bertz CT molecular complexity index is 276. The first-order valence-corrected chi connectivity index (χ1v) is 6.74. The van der Waals surface area contributed by atoms with Crippen molar-refractivity contribution in [2.75, 3.05) is 26.2 Å². The molecule has 2 heterocycles. The number of nitrogens with two attached hydrogens (primary N) is 1. The van der Waals surface area contributed by atoms with E-state index in [4.69, 9.17) is 5.84 Å². The van der Waals surface area contributed by atoms with E-state index in [-0.39, 0.29) is 6.04 Å². The molecule has 0 saturated carbocycles. The first-order valence-electron chi connectivity index (χ1n) is 6.74. The first kappa shape index (κ1) is 12.6. The topological polar surface area (TPSA) is 56.9 Å². The highest BCUT2D eigenvalue weighted by molar-refractivity contribution is 5.79. The van der Waals surface area contributed by atoms with Crippen LogP contribution in [0.3, 0.4) is 0 Å². The van der Waals surface area contributed by atoms with Gasteiger partial charge in [0.15, 0.2) is 0 Å². The van der Waals surface area contributed by atoms with Gasteiger partial charge in [-0.15, -0.1) is 0 Å². The van der Waals surface area contributed by atoms with Crippen LogP contribution in [0.5, 0.6) is 0 Å². The van der Waals surface area contributed by atoms with Crippen LogP contribution in [0.4, 0.5) is 0 Å². The summed E-state index contributed by atoms with van der Waals surface area (Å²) in [5.41, 5.74) is 2.77. The highest BCUT2D eigenvalue weighted by Gasteiger charge is 2.29. The molecule has 5 heteroatoms. The largest absolute Gasteiger partial charge is 0.340 e. The van der Waals surface area contributed by atoms with Crippen molar-refractivity contribution < 1.29 is 0 Å². The fourth-order valence-corrected chi connectivity index (χ4v) is 2.85. The molecule has 2 aliphatic rings. The molecule has 0 aliphatic carbocycles. The van der Waals surface area contributed by atoms with Crippen LogP contribution >= 0.6 is 0 Å². The van der Waals surface area contributed by atoms with Gasteiger partial charge in [-0.05, 0) is 39.7 Å². The molecule has 1 atom stereocenters. The van der Waals surface area contributed by atoms with Crippen molar-refractivity contribution in [1.29, 1.82) is 0 Å². The van der Waals surface area contributed by atoms with Crippen LogP contribution in [0, 0.1) is 0 Å². The number of aliphatic imine (C=N–C) groups is 1. The van der Waals surface area contributed by atoms with Gasteiger partial charge in [0, 0.05) is 31.7 Å². The van der Waals surface area contributed by atoms with Gasteiger partial charge >= 0.3 is 0 Å². The molecule has 98 valence electrons. The third kappa shape index (κ3) is 3.10. The molecule has 17 heavy (non-hydrogen) atoms. The fourth-order valence-electron chi connectivity index (χ4n) is 2.85. The van der Waals surface area contributed by atoms with Gasteiger partial charge in [-0.3, -0.25) is 10.3 Å².